The Labute approximate surface area is 172 Å². The van der Waals surface area contributed by atoms with Crippen LogP contribution in [0, 0.1) is 0 Å². The normalized spacial score (nSPS) is 17.1. The van der Waals surface area contributed by atoms with Crippen LogP contribution in [-0.2, 0) is 25.7 Å². The lowest BCUT2D eigenvalue weighted by Crippen LogP contribution is -2.46. The van der Waals surface area contributed by atoms with Gasteiger partial charge in [-0.05, 0) is 25.1 Å². The molecule has 0 aliphatic carbocycles. The van der Waals surface area contributed by atoms with Gasteiger partial charge in [-0.15, -0.1) is 0 Å². The molecule has 164 valence electrons. The molecule has 1 heterocycles. The second-order valence-corrected chi connectivity index (χ2v) is 8.84. The summed E-state index contributed by atoms with van der Waals surface area (Å²) in [4.78, 5) is 13.6. The molecule has 1 fully saturated rings. The van der Waals surface area contributed by atoms with Crippen LogP contribution in [0.2, 0.25) is 5.02 Å². The number of morpholine rings is 1. The average Bonchev–Trinajstić information content (AvgIpc) is 2.61. The molecule has 2 N–H and O–H groups in total. The molecule has 0 aromatic heterocycles. The van der Waals surface area contributed by atoms with E-state index in [2.05, 4.69) is 14.9 Å². The molecular weight excluding hydrogens is 435 g/mol. The van der Waals surface area contributed by atoms with Crippen LogP contribution in [-0.4, -0.2) is 64.7 Å². The molecule has 1 amide bonds. The van der Waals surface area contributed by atoms with E-state index in [1.165, 1.54) is 0 Å². The molecule has 1 aliphatic rings. The molecule has 29 heavy (non-hydrogen) atoms. The number of rotatable bonds is 8. The second-order valence-electron chi connectivity index (χ2n) is 6.67. The topological polar surface area (TPSA) is 87.7 Å². The van der Waals surface area contributed by atoms with Gasteiger partial charge in [-0.3, -0.25) is 9.69 Å². The van der Waals surface area contributed by atoms with E-state index in [0.717, 1.165) is 25.2 Å². The lowest BCUT2D eigenvalue weighted by Gasteiger charge is -2.29. The predicted molar refractivity (Wildman–Crippen MR) is 101 cm³/mol. The zero-order valence-electron chi connectivity index (χ0n) is 15.8. The first-order valence-electron chi connectivity index (χ1n) is 8.95. The molecule has 0 radical (unpaired) electrons. The Balaban J connectivity index is 1.85. The van der Waals surface area contributed by atoms with Gasteiger partial charge >= 0.3 is 6.18 Å². The standard InChI is InChI=1S/C17H23ClF3N3O4S/c1-12(11-24-6-8-28-9-7-24)23-16(25)4-5-22-29(26,27)13-2-3-15(18)14(10-13)17(19,20)21/h2-3,10,12,22H,4-9,11H2,1H3,(H,23,25). The molecule has 0 bridgehead atoms. The van der Waals surface area contributed by atoms with Crippen molar-refractivity contribution in [3.8, 4) is 0 Å². The van der Waals surface area contributed by atoms with Crippen molar-refractivity contribution in [3.63, 3.8) is 0 Å². The number of nitrogens with one attached hydrogen (secondary N) is 2. The Morgan fingerprint density at radius 2 is 1.97 bits per heavy atom. The summed E-state index contributed by atoms with van der Waals surface area (Å²) in [5.41, 5.74) is -1.24. The quantitative estimate of drug-likeness (QED) is 0.622. The van der Waals surface area contributed by atoms with Crippen LogP contribution in [0.15, 0.2) is 23.1 Å². The number of alkyl halides is 3. The lowest BCUT2D eigenvalue weighted by molar-refractivity contribution is -0.137. The Hall–Kier alpha value is -1.40. The second kappa shape index (κ2) is 10.1. The van der Waals surface area contributed by atoms with Gasteiger partial charge in [0.2, 0.25) is 15.9 Å². The molecule has 1 saturated heterocycles. The maximum atomic E-state index is 12.9. The highest BCUT2D eigenvalue weighted by Gasteiger charge is 2.34. The van der Waals surface area contributed by atoms with Gasteiger partial charge in [0, 0.05) is 38.6 Å². The van der Waals surface area contributed by atoms with E-state index in [0.29, 0.717) is 25.8 Å². The summed E-state index contributed by atoms with van der Waals surface area (Å²) < 4.78 is 70.5. The number of halogens is 4. The fourth-order valence-electron chi connectivity index (χ4n) is 2.83. The smallest absolute Gasteiger partial charge is 0.379 e. The largest absolute Gasteiger partial charge is 0.417 e. The molecule has 1 atom stereocenters. The summed E-state index contributed by atoms with van der Waals surface area (Å²) in [5.74, 6) is -0.361. The summed E-state index contributed by atoms with van der Waals surface area (Å²) in [7, 11) is -4.22. The van der Waals surface area contributed by atoms with Crippen LogP contribution >= 0.6 is 11.6 Å². The first kappa shape index (κ1) is 23.9. The number of hydrogen-bond donors (Lipinski definition) is 2. The molecule has 7 nitrogen and oxygen atoms in total. The van der Waals surface area contributed by atoms with E-state index in [1.54, 1.807) is 0 Å². The number of benzene rings is 1. The van der Waals surface area contributed by atoms with E-state index in [9.17, 15) is 26.4 Å². The van der Waals surface area contributed by atoms with Gasteiger partial charge in [0.25, 0.3) is 0 Å². The average molecular weight is 458 g/mol. The Morgan fingerprint density at radius 1 is 1.31 bits per heavy atom. The van der Waals surface area contributed by atoms with Crippen molar-refractivity contribution in [3.05, 3.63) is 28.8 Å². The highest BCUT2D eigenvalue weighted by atomic mass is 35.5. The van der Waals surface area contributed by atoms with Crippen molar-refractivity contribution < 1.29 is 31.1 Å². The van der Waals surface area contributed by atoms with E-state index in [1.807, 2.05) is 6.92 Å². The number of carbonyl (C=O) groups is 1. The summed E-state index contributed by atoms with van der Waals surface area (Å²) in [6, 6.07) is 2.18. The Bertz CT molecular complexity index is 815. The summed E-state index contributed by atoms with van der Waals surface area (Å²) in [5, 5.41) is 2.17. The summed E-state index contributed by atoms with van der Waals surface area (Å²) >= 11 is 5.50. The van der Waals surface area contributed by atoms with Crippen LogP contribution in [0.3, 0.4) is 0 Å². The minimum absolute atomic E-state index is 0.136. The van der Waals surface area contributed by atoms with Crippen LogP contribution in [0.25, 0.3) is 0 Å². The molecule has 2 rings (SSSR count). The van der Waals surface area contributed by atoms with Crippen LogP contribution in [0.5, 0.6) is 0 Å². The fraction of sp³-hybridized carbons (Fsp3) is 0.588. The minimum Gasteiger partial charge on any atom is -0.379 e. The number of hydrogen-bond acceptors (Lipinski definition) is 5. The highest BCUT2D eigenvalue weighted by molar-refractivity contribution is 7.89. The predicted octanol–water partition coefficient (Wildman–Crippen LogP) is 1.86. The maximum absolute atomic E-state index is 12.9. The van der Waals surface area contributed by atoms with Crippen molar-refractivity contribution >= 4 is 27.5 Å². The molecule has 0 spiro atoms. The highest BCUT2D eigenvalue weighted by Crippen LogP contribution is 2.35. The maximum Gasteiger partial charge on any atom is 0.417 e. The number of sulfonamides is 1. The van der Waals surface area contributed by atoms with Gasteiger partial charge in [0.05, 0.1) is 28.7 Å². The number of carbonyl (C=O) groups excluding carboxylic acids is 1. The molecule has 12 heteroatoms. The third-order valence-corrected chi connectivity index (χ3v) is 6.03. The first-order chi connectivity index (χ1) is 13.5. The first-order valence-corrected chi connectivity index (χ1v) is 10.8. The van der Waals surface area contributed by atoms with E-state index in [4.69, 9.17) is 16.3 Å². The molecule has 1 aliphatic heterocycles. The van der Waals surface area contributed by atoms with Gasteiger partial charge in [-0.1, -0.05) is 11.6 Å². The third kappa shape index (κ3) is 7.41. The summed E-state index contributed by atoms with van der Waals surface area (Å²) in [6.45, 7) is 5.08. The van der Waals surface area contributed by atoms with Crippen molar-refractivity contribution in [2.75, 3.05) is 39.4 Å². The SMILES string of the molecule is CC(CN1CCOCC1)NC(=O)CCNS(=O)(=O)c1ccc(Cl)c(C(F)(F)F)c1. The van der Waals surface area contributed by atoms with E-state index < -0.39 is 31.7 Å². The van der Waals surface area contributed by atoms with Gasteiger partial charge in [0.1, 0.15) is 0 Å². The van der Waals surface area contributed by atoms with E-state index >= 15 is 0 Å². The van der Waals surface area contributed by atoms with Gasteiger partial charge in [-0.2, -0.15) is 13.2 Å². The van der Waals surface area contributed by atoms with Crippen LogP contribution < -0.4 is 10.0 Å². The Morgan fingerprint density at radius 3 is 2.59 bits per heavy atom. The number of nitrogens with zero attached hydrogens (tertiary/aromatic N) is 1. The van der Waals surface area contributed by atoms with Gasteiger partial charge < -0.3 is 10.1 Å². The van der Waals surface area contributed by atoms with Crippen molar-refractivity contribution in [1.82, 2.24) is 14.9 Å². The molecular formula is C17H23ClF3N3O4S. The zero-order valence-corrected chi connectivity index (χ0v) is 17.3. The molecule has 1 aromatic carbocycles. The fourth-order valence-corrected chi connectivity index (χ4v) is 4.12. The van der Waals surface area contributed by atoms with E-state index in [-0.39, 0.29) is 24.9 Å². The monoisotopic (exact) mass is 457 g/mol. The minimum atomic E-state index is -4.78. The van der Waals surface area contributed by atoms with Gasteiger partial charge in [-0.25, -0.2) is 13.1 Å². The lowest BCUT2D eigenvalue weighted by atomic mass is 10.2. The zero-order chi connectivity index (χ0) is 21.7. The molecule has 1 unspecified atom stereocenters. The number of ether oxygens (including phenoxy) is 1. The van der Waals surface area contributed by atoms with Crippen molar-refractivity contribution in [2.24, 2.45) is 0 Å². The van der Waals surface area contributed by atoms with Gasteiger partial charge in [0.15, 0.2) is 0 Å². The van der Waals surface area contributed by atoms with Crippen LogP contribution in [0.4, 0.5) is 13.2 Å². The van der Waals surface area contributed by atoms with Crippen molar-refractivity contribution in [2.45, 2.75) is 30.5 Å². The summed E-state index contributed by atoms with van der Waals surface area (Å²) in [6.07, 6.45) is -4.93. The number of amides is 1. The van der Waals surface area contributed by atoms with Crippen LogP contribution in [0.1, 0.15) is 18.9 Å². The molecule has 1 aromatic rings. The molecule has 0 saturated carbocycles. The third-order valence-electron chi connectivity index (χ3n) is 4.24. The van der Waals surface area contributed by atoms with Crippen molar-refractivity contribution in [1.29, 1.82) is 0 Å². The Kier molecular flexibility index (Phi) is 8.29.